The molecule has 0 aromatic heterocycles. The highest BCUT2D eigenvalue weighted by Crippen LogP contribution is 2.29. The zero-order chi connectivity index (χ0) is 17.5. The summed E-state index contributed by atoms with van der Waals surface area (Å²) in [7, 11) is 0. The quantitative estimate of drug-likeness (QED) is 0.781. The van der Waals surface area contributed by atoms with Crippen LogP contribution in [-0.4, -0.2) is 48.9 Å². The average Bonchev–Trinajstić information content (AvgIpc) is 2.57. The van der Waals surface area contributed by atoms with Crippen LogP contribution in [0, 0.1) is 17.8 Å². The average molecular weight is 338 g/mol. The molecule has 2 fully saturated rings. The van der Waals surface area contributed by atoms with Crippen molar-refractivity contribution in [2.75, 3.05) is 26.2 Å². The molecule has 1 heterocycles. The first-order valence-electron chi connectivity index (χ1n) is 9.80. The van der Waals surface area contributed by atoms with E-state index in [-0.39, 0.29) is 17.7 Å². The van der Waals surface area contributed by atoms with E-state index in [9.17, 15) is 9.59 Å². The zero-order valence-corrected chi connectivity index (χ0v) is 15.6. The molecule has 1 saturated carbocycles. The molecule has 138 valence electrons. The Morgan fingerprint density at radius 3 is 2.46 bits per heavy atom. The number of likely N-dealkylation sites (tertiary alicyclic amines) is 1. The molecule has 5 nitrogen and oxygen atoms in total. The number of piperidine rings is 1. The zero-order valence-electron chi connectivity index (χ0n) is 15.6. The monoisotopic (exact) mass is 337 g/mol. The first-order chi connectivity index (χ1) is 11.5. The van der Waals surface area contributed by atoms with Crippen LogP contribution in [0.3, 0.4) is 0 Å². The molecule has 1 aliphatic carbocycles. The summed E-state index contributed by atoms with van der Waals surface area (Å²) in [5, 5.41) is 6.23. The lowest BCUT2D eigenvalue weighted by molar-refractivity contribution is -0.127. The number of nitrogens with zero attached hydrogens (tertiary/aromatic N) is 1. The summed E-state index contributed by atoms with van der Waals surface area (Å²) in [6.45, 7) is 9.53. The first-order valence-corrected chi connectivity index (χ1v) is 9.80. The van der Waals surface area contributed by atoms with Crippen molar-refractivity contribution in [2.45, 2.75) is 65.3 Å². The fourth-order valence-corrected chi connectivity index (χ4v) is 3.99. The molecule has 0 aromatic carbocycles. The van der Waals surface area contributed by atoms with Crippen molar-refractivity contribution in [2.24, 2.45) is 17.8 Å². The molecule has 3 unspecified atom stereocenters. The standard InChI is InChI=1S/C19H35N3O2/c1-4-10-20-19(24)16-8-11-22(12-9-16)13-18(23)21-17-7-5-6-14(2)15(17)3/h14-17H,4-13H2,1-3H3,(H,20,24)(H,21,23). The van der Waals surface area contributed by atoms with Gasteiger partial charge in [0.15, 0.2) is 0 Å². The molecule has 1 aliphatic heterocycles. The number of hydrogen-bond acceptors (Lipinski definition) is 3. The Hall–Kier alpha value is -1.10. The third kappa shape index (κ3) is 5.47. The number of carbonyl (C=O) groups is 2. The van der Waals surface area contributed by atoms with Crippen LogP contribution in [0.25, 0.3) is 0 Å². The number of rotatable bonds is 6. The summed E-state index contributed by atoms with van der Waals surface area (Å²) in [4.78, 5) is 26.6. The number of nitrogens with one attached hydrogen (secondary N) is 2. The van der Waals surface area contributed by atoms with Crippen LogP contribution in [-0.2, 0) is 9.59 Å². The van der Waals surface area contributed by atoms with E-state index >= 15 is 0 Å². The van der Waals surface area contributed by atoms with Gasteiger partial charge in [-0.3, -0.25) is 14.5 Å². The van der Waals surface area contributed by atoms with Crippen molar-refractivity contribution in [3.05, 3.63) is 0 Å². The van der Waals surface area contributed by atoms with E-state index in [0.29, 0.717) is 24.4 Å². The first kappa shape index (κ1) is 19.2. The van der Waals surface area contributed by atoms with Crippen molar-refractivity contribution >= 4 is 11.8 Å². The maximum absolute atomic E-state index is 12.4. The molecule has 0 radical (unpaired) electrons. The largest absolute Gasteiger partial charge is 0.356 e. The van der Waals surface area contributed by atoms with E-state index in [0.717, 1.165) is 45.3 Å². The van der Waals surface area contributed by atoms with Gasteiger partial charge in [-0.15, -0.1) is 0 Å². The molecule has 0 aromatic rings. The highest BCUT2D eigenvalue weighted by Gasteiger charge is 2.29. The van der Waals surface area contributed by atoms with Crippen molar-refractivity contribution < 1.29 is 9.59 Å². The molecule has 0 spiro atoms. The number of hydrogen-bond donors (Lipinski definition) is 2. The molecule has 1 saturated heterocycles. The van der Waals surface area contributed by atoms with Gasteiger partial charge in [-0.1, -0.05) is 33.6 Å². The molecule has 2 rings (SSSR count). The third-order valence-corrected chi connectivity index (χ3v) is 5.93. The molecule has 2 N–H and O–H groups in total. The van der Waals surface area contributed by atoms with Crippen LogP contribution in [0.2, 0.25) is 0 Å². The van der Waals surface area contributed by atoms with Crippen LogP contribution in [0.5, 0.6) is 0 Å². The van der Waals surface area contributed by atoms with Gasteiger partial charge in [0.05, 0.1) is 6.54 Å². The van der Waals surface area contributed by atoms with E-state index < -0.39 is 0 Å². The predicted molar refractivity (Wildman–Crippen MR) is 96.6 cm³/mol. The summed E-state index contributed by atoms with van der Waals surface area (Å²) in [6, 6.07) is 0.332. The van der Waals surface area contributed by atoms with Gasteiger partial charge >= 0.3 is 0 Å². The van der Waals surface area contributed by atoms with Gasteiger partial charge in [-0.25, -0.2) is 0 Å². The second kappa shape index (κ2) is 9.40. The van der Waals surface area contributed by atoms with Gasteiger partial charge in [-0.05, 0) is 50.6 Å². The number of carbonyl (C=O) groups excluding carboxylic acids is 2. The molecule has 0 bridgehead atoms. The van der Waals surface area contributed by atoms with E-state index in [2.05, 4.69) is 36.3 Å². The highest BCUT2D eigenvalue weighted by molar-refractivity contribution is 5.79. The summed E-state index contributed by atoms with van der Waals surface area (Å²) >= 11 is 0. The lowest BCUT2D eigenvalue weighted by Crippen LogP contribution is -2.49. The Labute approximate surface area is 146 Å². The summed E-state index contributed by atoms with van der Waals surface area (Å²) in [5.41, 5.74) is 0. The van der Waals surface area contributed by atoms with Crippen LogP contribution in [0.1, 0.15) is 59.3 Å². The predicted octanol–water partition coefficient (Wildman–Crippen LogP) is 2.17. The minimum Gasteiger partial charge on any atom is -0.356 e. The molecular weight excluding hydrogens is 302 g/mol. The lowest BCUT2D eigenvalue weighted by atomic mass is 9.78. The van der Waals surface area contributed by atoms with Gasteiger partial charge < -0.3 is 10.6 Å². The molecule has 5 heteroatoms. The van der Waals surface area contributed by atoms with Crippen LogP contribution in [0.15, 0.2) is 0 Å². The third-order valence-electron chi connectivity index (χ3n) is 5.93. The topological polar surface area (TPSA) is 61.4 Å². The Balaban J connectivity index is 1.69. The van der Waals surface area contributed by atoms with E-state index in [1.54, 1.807) is 0 Å². The van der Waals surface area contributed by atoms with Crippen LogP contribution >= 0.6 is 0 Å². The van der Waals surface area contributed by atoms with Gasteiger partial charge in [0, 0.05) is 18.5 Å². The fraction of sp³-hybridized carbons (Fsp3) is 0.895. The highest BCUT2D eigenvalue weighted by atomic mass is 16.2. The Morgan fingerprint density at radius 1 is 1.08 bits per heavy atom. The van der Waals surface area contributed by atoms with E-state index in [4.69, 9.17) is 0 Å². The van der Waals surface area contributed by atoms with Gasteiger partial charge in [0.1, 0.15) is 0 Å². The van der Waals surface area contributed by atoms with E-state index in [1.165, 1.54) is 12.8 Å². The molecular formula is C19H35N3O2. The summed E-state index contributed by atoms with van der Waals surface area (Å²) in [5.74, 6) is 1.72. The van der Waals surface area contributed by atoms with Gasteiger partial charge in [-0.2, -0.15) is 0 Å². The van der Waals surface area contributed by atoms with Crippen LogP contribution < -0.4 is 10.6 Å². The minimum absolute atomic E-state index is 0.120. The Morgan fingerprint density at radius 2 is 1.79 bits per heavy atom. The second-order valence-electron chi connectivity index (χ2n) is 7.78. The van der Waals surface area contributed by atoms with Crippen molar-refractivity contribution in [3.63, 3.8) is 0 Å². The Kier molecular flexibility index (Phi) is 7.53. The van der Waals surface area contributed by atoms with Crippen molar-refractivity contribution in [1.82, 2.24) is 15.5 Å². The Bertz CT molecular complexity index is 419. The van der Waals surface area contributed by atoms with Crippen LogP contribution in [0.4, 0.5) is 0 Å². The summed E-state index contributed by atoms with van der Waals surface area (Å²) < 4.78 is 0. The smallest absolute Gasteiger partial charge is 0.234 e. The van der Waals surface area contributed by atoms with E-state index in [1.807, 2.05) is 0 Å². The maximum Gasteiger partial charge on any atom is 0.234 e. The second-order valence-corrected chi connectivity index (χ2v) is 7.78. The normalized spacial score (nSPS) is 29.2. The molecule has 2 aliphatic rings. The van der Waals surface area contributed by atoms with Gasteiger partial charge in [0.2, 0.25) is 11.8 Å². The fourth-order valence-electron chi connectivity index (χ4n) is 3.99. The summed E-state index contributed by atoms with van der Waals surface area (Å²) in [6.07, 6.45) is 6.30. The minimum atomic E-state index is 0.120. The molecule has 2 amide bonds. The van der Waals surface area contributed by atoms with Gasteiger partial charge in [0.25, 0.3) is 0 Å². The lowest BCUT2D eigenvalue weighted by Gasteiger charge is -2.36. The number of amides is 2. The van der Waals surface area contributed by atoms with Crippen molar-refractivity contribution in [3.8, 4) is 0 Å². The maximum atomic E-state index is 12.4. The van der Waals surface area contributed by atoms with Crippen molar-refractivity contribution in [1.29, 1.82) is 0 Å². The molecule has 3 atom stereocenters. The molecule has 24 heavy (non-hydrogen) atoms. The SMILES string of the molecule is CCCNC(=O)C1CCN(CC(=O)NC2CCCC(C)C2C)CC1.